The minimum atomic E-state index is -3.05. The fourth-order valence-electron chi connectivity index (χ4n) is 3.25. The highest BCUT2D eigenvalue weighted by molar-refractivity contribution is 7.99. The number of carbonyl (C=O) groups is 2. The molecule has 1 N–H and O–H groups in total. The van der Waals surface area contributed by atoms with Crippen LogP contribution < -0.4 is 5.32 Å². The molecule has 2 aromatic heterocycles. The van der Waals surface area contributed by atoms with Crippen LogP contribution in [0.15, 0.2) is 23.9 Å². The highest BCUT2D eigenvalue weighted by atomic mass is 32.2. The minimum Gasteiger partial charge on any atom is -0.462 e. The summed E-state index contributed by atoms with van der Waals surface area (Å²) in [7, 11) is -3.05. The summed E-state index contributed by atoms with van der Waals surface area (Å²) in [6, 6.07) is 1.73. The van der Waals surface area contributed by atoms with E-state index in [-0.39, 0.29) is 35.7 Å². The normalized spacial score (nSPS) is 17.4. The van der Waals surface area contributed by atoms with Crippen LogP contribution in [0.3, 0.4) is 0 Å². The molecule has 168 valence electrons. The number of amides is 1. The Morgan fingerprint density at radius 2 is 2.23 bits per heavy atom. The van der Waals surface area contributed by atoms with Gasteiger partial charge in [-0.15, -0.1) is 28.1 Å². The smallest absolute Gasteiger partial charge is 0.348 e. The van der Waals surface area contributed by atoms with Gasteiger partial charge in [0.05, 0.1) is 28.9 Å². The summed E-state index contributed by atoms with van der Waals surface area (Å²) in [6.45, 7) is 7.98. The first-order chi connectivity index (χ1) is 14.7. The molecule has 1 saturated heterocycles. The highest BCUT2D eigenvalue weighted by Crippen LogP contribution is 2.31. The molecule has 2 aromatic rings. The lowest BCUT2D eigenvalue weighted by Crippen LogP contribution is -2.14. The van der Waals surface area contributed by atoms with Gasteiger partial charge in [0.15, 0.2) is 15.0 Å². The molecule has 3 heterocycles. The van der Waals surface area contributed by atoms with Crippen molar-refractivity contribution in [1.29, 1.82) is 0 Å². The van der Waals surface area contributed by atoms with Crippen LogP contribution in [-0.4, -0.2) is 58.9 Å². The van der Waals surface area contributed by atoms with Gasteiger partial charge in [-0.05, 0) is 31.9 Å². The molecule has 0 radical (unpaired) electrons. The lowest BCUT2D eigenvalue weighted by molar-refractivity contribution is -0.113. The molecule has 0 aliphatic carbocycles. The van der Waals surface area contributed by atoms with E-state index in [0.29, 0.717) is 33.8 Å². The monoisotopic (exact) mass is 484 g/mol. The average Bonchev–Trinajstić information content (AvgIpc) is 3.37. The van der Waals surface area contributed by atoms with Gasteiger partial charge in [0.25, 0.3) is 0 Å². The topological polar surface area (TPSA) is 120 Å². The van der Waals surface area contributed by atoms with E-state index in [0.717, 1.165) is 5.56 Å². The zero-order chi connectivity index (χ0) is 22.6. The molecule has 0 saturated carbocycles. The van der Waals surface area contributed by atoms with E-state index in [2.05, 4.69) is 22.1 Å². The van der Waals surface area contributed by atoms with Crippen LogP contribution in [0, 0.1) is 6.92 Å². The van der Waals surface area contributed by atoms with E-state index in [9.17, 15) is 18.0 Å². The third kappa shape index (κ3) is 5.74. The van der Waals surface area contributed by atoms with Crippen LogP contribution in [-0.2, 0) is 25.9 Å². The van der Waals surface area contributed by atoms with E-state index in [1.165, 1.54) is 23.1 Å². The van der Waals surface area contributed by atoms with E-state index < -0.39 is 15.8 Å². The van der Waals surface area contributed by atoms with Gasteiger partial charge in [-0.3, -0.25) is 4.79 Å². The van der Waals surface area contributed by atoms with Crippen LogP contribution in [0.1, 0.15) is 40.3 Å². The molecule has 1 atom stereocenters. The number of nitrogens with one attached hydrogen (secondary N) is 1. The van der Waals surface area contributed by atoms with Crippen LogP contribution in [0.2, 0.25) is 0 Å². The molecule has 3 rings (SSSR count). The Labute approximate surface area is 189 Å². The van der Waals surface area contributed by atoms with E-state index in [1.807, 2.05) is 4.57 Å². The third-order valence-corrected chi connectivity index (χ3v) is 8.50. The molecule has 1 fully saturated rings. The molecule has 1 aliphatic heterocycles. The Hall–Kier alpha value is -2.18. The first-order valence-corrected chi connectivity index (χ1v) is 13.3. The van der Waals surface area contributed by atoms with Crippen molar-refractivity contribution in [1.82, 2.24) is 14.8 Å². The quantitative estimate of drug-likeness (QED) is 0.328. The summed E-state index contributed by atoms with van der Waals surface area (Å²) in [6.07, 6.45) is 2.20. The van der Waals surface area contributed by atoms with E-state index in [4.69, 9.17) is 4.74 Å². The number of aromatic nitrogens is 3. The van der Waals surface area contributed by atoms with Crippen molar-refractivity contribution in [3.05, 3.63) is 35.0 Å². The molecule has 31 heavy (non-hydrogen) atoms. The Morgan fingerprint density at radius 1 is 1.45 bits per heavy atom. The Morgan fingerprint density at radius 3 is 2.87 bits per heavy atom. The second-order valence-electron chi connectivity index (χ2n) is 7.02. The van der Waals surface area contributed by atoms with Gasteiger partial charge in [-0.2, -0.15) is 0 Å². The largest absolute Gasteiger partial charge is 0.462 e. The van der Waals surface area contributed by atoms with E-state index in [1.54, 1.807) is 26.0 Å². The van der Waals surface area contributed by atoms with Gasteiger partial charge < -0.3 is 14.6 Å². The lowest BCUT2D eigenvalue weighted by Gasteiger charge is -2.11. The van der Waals surface area contributed by atoms with Gasteiger partial charge in [0.1, 0.15) is 10.7 Å². The first kappa shape index (κ1) is 23.5. The molecule has 9 nitrogen and oxygen atoms in total. The van der Waals surface area contributed by atoms with Crippen LogP contribution in [0.25, 0.3) is 0 Å². The van der Waals surface area contributed by atoms with Gasteiger partial charge in [0, 0.05) is 12.5 Å². The number of hydrogen-bond donors (Lipinski definition) is 1. The third-order valence-electron chi connectivity index (χ3n) is 4.63. The maximum Gasteiger partial charge on any atom is 0.348 e. The molecule has 1 aliphatic rings. The van der Waals surface area contributed by atoms with Gasteiger partial charge in [0.2, 0.25) is 5.91 Å². The molecule has 1 amide bonds. The zero-order valence-electron chi connectivity index (χ0n) is 17.3. The van der Waals surface area contributed by atoms with Gasteiger partial charge in [-0.25, -0.2) is 13.2 Å². The zero-order valence-corrected chi connectivity index (χ0v) is 19.7. The number of aryl methyl sites for hydroxylation is 1. The number of carbonyl (C=O) groups excluding carboxylic acids is 2. The number of ether oxygens (including phenoxy) is 1. The Kier molecular flexibility index (Phi) is 7.55. The van der Waals surface area contributed by atoms with Crippen molar-refractivity contribution in [2.45, 2.75) is 37.9 Å². The predicted octanol–water partition coefficient (Wildman–Crippen LogP) is 2.64. The maximum atomic E-state index is 12.4. The minimum absolute atomic E-state index is 0.0634. The number of esters is 1. The highest BCUT2D eigenvalue weighted by Gasteiger charge is 2.33. The molecule has 0 aromatic carbocycles. The Balaban J connectivity index is 1.65. The number of thioether (sulfide) groups is 1. The van der Waals surface area contributed by atoms with Crippen LogP contribution in [0.4, 0.5) is 5.00 Å². The van der Waals surface area contributed by atoms with Crippen LogP contribution in [0.5, 0.6) is 0 Å². The lowest BCUT2D eigenvalue weighted by atomic mass is 10.1. The van der Waals surface area contributed by atoms with Gasteiger partial charge >= 0.3 is 5.97 Å². The number of nitrogens with zero attached hydrogens (tertiary/aromatic N) is 3. The van der Waals surface area contributed by atoms with E-state index >= 15 is 0 Å². The summed E-state index contributed by atoms with van der Waals surface area (Å²) in [4.78, 5) is 24.8. The van der Waals surface area contributed by atoms with Crippen molar-refractivity contribution in [2.24, 2.45) is 0 Å². The van der Waals surface area contributed by atoms with Crippen molar-refractivity contribution in [3.8, 4) is 0 Å². The second kappa shape index (κ2) is 9.96. The summed E-state index contributed by atoms with van der Waals surface area (Å²) in [5.41, 5.74) is 0.744. The molecule has 0 bridgehead atoms. The molecule has 0 spiro atoms. The second-order valence-corrected chi connectivity index (χ2v) is 11.2. The predicted molar refractivity (Wildman–Crippen MR) is 121 cm³/mol. The van der Waals surface area contributed by atoms with Crippen molar-refractivity contribution in [2.75, 3.05) is 29.2 Å². The maximum absolute atomic E-state index is 12.4. The van der Waals surface area contributed by atoms with Crippen molar-refractivity contribution < 1.29 is 22.7 Å². The molecular weight excluding hydrogens is 460 g/mol. The van der Waals surface area contributed by atoms with Crippen molar-refractivity contribution in [3.63, 3.8) is 0 Å². The summed E-state index contributed by atoms with van der Waals surface area (Å²) < 4.78 is 30.5. The van der Waals surface area contributed by atoms with Crippen molar-refractivity contribution >= 4 is 49.8 Å². The fourth-order valence-corrected chi connectivity index (χ4v) is 6.73. The summed E-state index contributed by atoms with van der Waals surface area (Å²) >= 11 is 2.38. The molecular formula is C19H24N4O5S3. The fraction of sp³-hybridized carbons (Fsp3) is 0.474. The average molecular weight is 485 g/mol. The molecule has 0 unspecified atom stereocenters. The number of sulfone groups is 1. The number of anilines is 1. The van der Waals surface area contributed by atoms with Gasteiger partial charge in [-0.1, -0.05) is 17.8 Å². The first-order valence-electron chi connectivity index (χ1n) is 9.68. The molecule has 12 heteroatoms. The summed E-state index contributed by atoms with van der Waals surface area (Å²) in [5.74, 6) is 0.0570. The number of hydrogen-bond acceptors (Lipinski definition) is 9. The SMILES string of the molecule is C=CCn1c(SCC(=O)Nc2cc(C)c(C(=O)OCC)s2)nnc1[C@@H]1CCS(=O)(=O)C1. The van der Waals surface area contributed by atoms with Crippen LogP contribution >= 0.6 is 23.1 Å². The Bertz CT molecular complexity index is 1090. The number of rotatable bonds is 9. The summed E-state index contributed by atoms with van der Waals surface area (Å²) in [5, 5.41) is 12.2. The number of thiophene rings is 1. The standard InChI is InChI=1S/C19H24N4O5S3/c1-4-7-23-17(13-6-8-31(26,27)11-13)21-22-19(23)29-10-14(24)20-15-9-12(3)16(30-15)18(25)28-5-2/h4,9,13H,1,5-8,10-11H2,2-3H3,(H,20,24)/t13-/m1/s1. The number of allylic oxidation sites excluding steroid dienone is 1.